The molecule has 0 atom stereocenters. The molecule has 0 saturated heterocycles. The van der Waals surface area contributed by atoms with Gasteiger partial charge in [-0.2, -0.15) is 0 Å². The van der Waals surface area contributed by atoms with Gasteiger partial charge < -0.3 is 13.6 Å². The zero-order valence-electron chi connectivity index (χ0n) is 32.6. The number of fused-ring (bicyclic) bond motifs is 6. The van der Waals surface area contributed by atoms with Crippen molar-refractivity contribution < 1.29 is 4.42 Å². The van der Waals surface area contributed by atoms with Crippen molar-refractivity contribution in [2.75, 3.05) is 0 Å². The summed E-state index contributed by atoms with van der Waals surface area (Å²) in [5, 5.41) is 13.6. The Bertz CT molecular complexity index is 3530. The summed E-state index contributed by atoms with van der Waals surface area (Å²) in [6, 6.07) is 68.6. The highest BCUT2D eigenvalue weighted by Gasteiger charge is 2.19. The van der Waals surface area contributed by atoms with E-state index < -0.39 is 0 Å². The molecule has 12 rings (SSSR count). The third-order valence-electron chi connectivity index (χ3n) is 11.3. The number of para-hydroxylation sites is 3. The lowest BCUT2D eigenvalue weighted by Gasteiger charge is -2.11. The van der Waals surface area contributed by atoms with E-state index in [-0.39, 0.29) is 0 Å². The lowest BCUT2D eigenvalue weighted by Crippen LogP contribution is -2.01. The summed E-state index contributed by atoms with van der Waals surface area (Å²) in [6.07, 6.45) is 0. The molecule has 0 unspecified atom stereocenters. The smallest absolute Gasteiger partial charge is 0.248 e. The van der Waals surface area contributed by atoms with Gasteiger partial charge in [-0.15, -0.1) is 10.2 Å². The van der Waals surface area contributed by atoms with E-state index in [0.717, 1.165) is 82.8 Å². The van der Waals surface area contributed by atoms with Crippen LogP contribution in [0.2, 0.25) is 0 Å². The van der Waals surface area contributed by atoms with Gasteiger partial charge in [0.2, 0.25) is 11.8 Å². The molecule has 0 aliphatic heterocycles. The number of hydrogen-bond donors (Lipinski definition) is 0. The number of hydrogen-bond acceptors (Lipinski definition) is 6. The molecule has 12 aromatic rings. The van der Waals surface area contributed by atoms with Crippen molar-refractivity contribution in [1.29, 1.82) is 0 Å². The van der Waals surface area contributed by atoms with Crippen molar-refractivity contribution in [1.82, 2.24) is 34.3 Å². The molecule has 0 saturated carbocycles. The van der Waals surface area contributed by atoms with Gasteiger partial charge in [-0.25, -0.2) is 15.0 Å². The zero-order chi connectivity index (χ0) is 40.3. The Balaban J connectivity index is 0.934. The van der Waals surface area contributed by atoms with Crippen LogP contribution in [0.3, 0.4) is 0 Å². The quantitative estimate of drug-likeness (QED) is 0.160. The minimum absolute atomic E-state index is 0.459. The van der Waals surface area contributed by atoms with Crippen LogP contribution in [-0.2, 0) is 0 Å². The van der Waals surface area contributed by atoms with Crippen molar-refractivity contribution in [2.24, 2.45) is 0 Å². The summed E-state index contributed by atoms with van der Waals surface area (Å²) in [5.41, 5.74) is 10.9. The third-order valence-corrected chi connectivity index (χ3v) is 11.3. The summed E-state index contributed by atoms with van der Waals surface area (Å²) in [7, 11) is 0. The summed E-state index contributed by atoms with van der Waals surface area (Å²) < 4.78 is 11.0. The van der Waals surface area contributed by atoms with Crippen LogP contribution in [-0.4, -0.2) is 34.3 Å². The SMILES string of the molecule is c1ccc(-c2nc(-c3ccccc3)nc(-c3cccc(-n4c5ccccc5c5cc(-c6nnc(-c7ccc8c(c7)c7ccccc7n8-c7ccccc7)o6)ccc54)c3)n2)cc1. The van der Waals surface area contributed by atoms with Crippen LogP contribution in [0.25, 0.3) is 112 Å². The summed E-state index contributed by atoms with van der Waals surface area (Å²) in [5.74, 6) is 2.78. The standard InChI is InChI=1S/C53H33N7O/c1-4-15-34(16-5-1)49-54-50(35-17-6-2-7-18-35)56-51(55-49)36-19-14-22-40(31-36)60-46-26-13-11-24-42(46)44-33-38(28-30-48(44)60)53-58-57-52(61-53)37-27-29-47-43(32-37)41-23-10-12-25-45(41)59(47)39-20-8-3-9-21-39/h1-33H. The largest absolute Gasteiger partial charge is 0.416 e. The molecule has 0 amide bonds. The Hall–Kier alpha value is -8.49. The van der Waals surface area contributed by atoms with Gasteiger partial charge in [0, 0.05) is 60.7 Å². The Morgan fingerprint density at radius 3 is 1.25 bits per heavy atom. The average molecular weight is 784 g/mol. The van der Waals surface area contributed by atoms with Crippen molar-refractivity contribution in [2.45, 2.75) is 0 Å². The van der Waals surface area contributed by atoms with Gasteiger partial charge in [0.05, 0.1) is 22.1 Å². The van der Waals surface area contributed by atoms with Crippen LogP contribution in [0.15, 0.2) is 205 Å². The zero-order valence-corrected chi connectivity index (χ0v) is 32.6. The monoisotopic (exact) mass is 783 g/mol. The van der Waals surface area contributed by atoms with E-state index in [2.05, 4.69) is 153 Å². The lowest BCUT2D eigenvalue weighted by atomic mass is 10.1. The van der Waals surface area contributed by atoms with Crippen molar-refractivity contribution >= 4 is 43.6 Å². The Labute approximate surface area is 349 Å². The second kappa shape index (κ2) is 14.1. The third kappa shape index (κ3) is 5.88. The molecule has 0 bridgehead atoms. The molecule has 8 aromatic carbocycles. The maximum Gasteiger partial charge on any atom is 0.248 e. The molecule has 0 aliphatic carbocycles. The second-order valence-electron chi connectivity index (χ2n) is 15.0. The number of nitrogens with zero attached hydrogens (tertiary/aromatic N) is 7. The first-order valence-corrected chi connectivity index (χ1v) is 20.2. The Kier molecular flexibility index (Phi) is 7.99. The first kappa shape index (κ1) is 34.5. The summed E-state index contributed by atoms with van der Waals surface area (Å²) in [6.45, 7) is 0. The molecule has 4 aromatic heterocycles. The maximum absolute atomic E-state index is 6.45. The van der Waals surface area contributed by atoms with Crippen LogP contribution in [0.4, 0.5) is 0 Å². The highest BCUT2D eigenvalue weighted by Crippen LogP contribution is 2.38. The molecule has 61 heavy (non-hydrogen) atoms. The van der Waals surface area contributed by atoms with Crippen LogP contribution in [0.1, 0.15) is 0 Å². The second-order valence-corrected chi connectivity index (χ2v) is 15.0. The average Bonchev–Trinajstić information content (AvgIpc) is 4.05. The molecule has 8 nitrogen and oxygen atoms in total. The van der Waals surface area contributed by atoms with E-state index in [4.69, 9.17) is 19.4 Å². The first-order valence-electron chi connectivity index (χ1n) is 20.2. The molecular weight excluding hydrogens is 751 g/mol. The van der Waals surface area contributed by atoms with Gasteiger partial charge >= 0.3 is 0 Å². The van der Waals surface area contributed by atoms with E-state index >= 15 is 0 Å². The highest BCUT2D eigenvalue weighted by atomic mass is 16.4. The number of aromatic nitrogens is 7. The molecule has 8 heteroatoms. The minimum Gasteiger partial charge on any atom is -0.416 e. The van der Waals surface area contributed by atoms with E-state index in [1.807, 2.05) is 66.7 Å². The van der Waals surface area contributed by atoms with E-state index in [1.54, 1.807) is 0 Å². The van der Waals surface area contributed by atoms with E-state index in [0.29, 0.717) is 29.3 Å². The molecular formula is C53H33N7O. The maximum atomic E-state index is 6.45. The van der Waals surface area contributed by atoms with Gasteiger partial charge in [-0.1, -0.05) is 127 Å². The normalized spacial score (nSPS) is 11.6. The van der Waals surface area contributed by atoms with Crippen LogP contribution in [0, 0.1) is 0 Å². The van der Waals surface area contributed by atoms with Gasteiger partial charge in [0.15, 0.2) is 17.5 Å². The predicted octanol–water partition coefficient (Wildman–Crippen LogP) is 12.8. The van der Waals surface area contributed by atoms with Crippen molar-refractivity contribution in [3.63, 3.8) is 0 Å². The fourth-order valence-corrected chi connectivity index (χ4v) is 8.52. The minimum atomic E-state index is 0.459. The van der Waals surface area contributed by atoms with E-state index in [1.165, 1.54) is 0 Å². The molecule has 0 radical (unpaired) electrons. The van der Waals surface area contributed by atoms with Crippen molar-refractivity contribution in [3.8, 4) is 68.4 Å². The number of benzene rings is 8. The lowest BCUT2D eigenvalue weighted by molar-refractivity contribution is 0.585. The Morgan fingerprint density at radius 1 is 0.295 bits per heavy atom. The summed E-state index contributed by atoms with van der Waals surface area (Å²) in [4.78, 5) is 14.9. The van der Waals surface area contributed by atoms with Gasteiger partial charge in [0.1, 0.15) is 0 Å². The van der Waals surface area contributed by atoms with Gasteiger partial charge in [-0.3, -0.25) is 0 Å². The molecule has 286 valence electrons. The molecule has 0 spiro atoms. The Morgan fingerprint density at radius 2 is 0.705 bits per heavy atom. The predicted molar refractivity (Wildman–Crippen MR) is 244 cm³/mol. The molecule has 0 N–H and O–H groups in total. The fourth-order valence-electron chi connectivity index (χ4n) is 8.52. The van der Waals surface area contributed by atoms with Gasteiger partial charge in [-0.05, 0) is 72.8 Å². The molecule has 0 fully saturated rings. The van der Waals surface area contributed by atoms with Crippen molar-refractivity contribution in [3.05, 3.63) is 200 Å². The number of rotatable bonds is 7. The highest BCUT2D eigenvalue weighted by molar-refractivity contribution is 6.11. The van der Waals surface area contributed by atoms with Crippen LogP contribution in [0.5, 0.6) is 0 Å². The molecule has 4 heterocycles. The summed E-state index contributed by atoms with van der Waals surface area (Å²) >= 11 is 0. The van der Waals surface area contributed by atoms with E-state index in [9.17, 15) is 0 Å². The van der Waals surface area contributed by atoms with Gasteiger partial charge in [0.25, 0.3) is 0 Å². The topological polar surface area (TPSA) is 87.5 Å². The van der Waals surface area contributed by atoms with Crippen LogP contribution >= 0.6 is 0 Å². The van der Waals surface area contributed by atoms with Crippen LogP contribution < -0.4 is 0 Å². The molecule has 0 aliphatic rings. The fraction of sp³-hybridized carbons (Fsp3) is 0. The first-order chi connectivity index (χ1) is 30.2.